The largest absolute Gasteiger partial charge is 0.465 e. The zero-order chi connectivity index (χ0) is 21.6. The monoisotopic (exact) mass is 399 g/mol. The average Bonchev–Trinajstić information content (AvgIpc) is 3.04. The molecule has 0 saturated heterocycles. The minimum atomic E-state index is -0.478. The number of rotatable bonds is 8. The standard InChI is InChI=1S/C22H29N3O4/c1-6-12-25(13-18(26)23-17-11-9-8-10-14(17)3)21(27)20-15(4)19(22(28)29-5)16(7-2)24-20/h8-11,24H,6-7,12-13H2,1-5H3,(H,23,26). The van der Waals surface area contributed by atoms with Crippen LogP contribution >= 0.6 is 0 Å². The first-order valence-corrected chi connectivity index (χ1v) is 9.78. The number of nitrogens with zero attached hydrogens (tertiary/aromatic N) is 1. The van der Waals surface area contributed by atoms with Gasteiger partial charge in [-0.1, -0.05) is 32.0 Å². The number of benzene rings is 1. The Balaban J connectivity index is 2.25. The second kappa shape index (κ2) is 9.91. The number of para-hydroxylation sites is 1. The Morgan fingerprint density at radius 1 is 1.14 bits per heavy atom. The lowest BCUT2D eigenvalue weighted by atomic mass is 10.1. The Labute approximate surface area is 171 Å². The van der Waals surface area contributed by atoms with Gasteiger partial charge in [0, 0.05) is 17.9 Å². The summed E-state index contributed by atoms with van der Waals surface area (Å²) in [4.78, 5) is 42.4. The maximum absolute atomic E-state index is 13.2. The maximum atomic E-state index is 13.2. The number of aromatic nitrogens is 1. The van der Waals surface area contributed by atoms with Gasteiger partial charge in [0.1, 0.15) is 12.2 Å². The summed E-state index contributed by atoms with van der Waals surface area (Å²) in [6, 6.07) is 7.48. The zero-order valence-corrected chi connectivity index (χ0v) is 17.7. The van der Waals surface area contributed by atoms with Crippen molar-refractivity contribution in [2.75, 3.05) is 25.5 Å². The Hall–Kier alpha value is -3.09. The molecule has 1 aromatic heterocycles. The molecule has 0 aliphatic heterocycles. The number of hydrogen-bond acceptors (Lipinski definition) is 4. The molecule has 156 valence electrons. The number of aryl methyl sites for hydroxylation is 2. The van der Waals surface area contributed by atoms with Crippen molar-refractivity contribution in [3.05, 3.63) is 52.3 Å². The first-order valence-electron chi connectivity index (χ1n) is 9.78. The van der Waals surface area contributed by atoms with Gasteiger partial charge in [0.15, 0.2) is 0 Å². The van der Waals surface area contributed by atoms with Crippen LogP contribution in [0.3, 0.4) is 0 Å². The van der Waals surface area contributed by atoms with Gasteiger partial charge >= 0.3 is 5.97 Å². The molecule has 7 nitrogen and oxygen atoms in total. The molecule has 2 N–H and O–H groups in total. The zero-order valence-electron chi connectivity index (χ0n) is 17.7. The van der Waals surface area contributed by atoms with Gasteiger partial charge in [0.2, 0.25) is 5.91 Å². The molecule has 7 heteroatoms. The number of amides is 2. The second-order valence-corrected chi connectivity index (χ2v) is 6.91. The van der Waals surface area contributed by atoms with E-state index in [2.05, 4.69) is 10.3 Å². The lowest BCUT2D eigenvalue weighted by Crippen LogP contribution is -2.39. The van der Waals surface area contributed by atoms with Crippen LogP contribution < -0.4 is 5.32 Å². The van der Waals surface area contributed by atoms with Gasteiger partial charge in [0.25, 0.3) is 5.91 Å². The summed E-state index contributed by atoms with van der Waals surface area (Å²) in [5.41, 5.74) is 3.57. The summed E-state index contributed by atoms with van der Waals surface area (Å²) in [6.45, 7) is 7.81. The Bertz CT molecular complexity index is 901. The summed E-state index contributed by atoms with van der Waals surface area (Å²) in [6.07, 6.45) is 1.26. The highest BCUT2D eigenvalue weighted by Gasteiger charge is 2.27. The van der Waals surface area contributed by atoms with E-state index in [1.165, 1.54) is 12.0 Å². The minimum Gasteiger partial charge on any atom is -0.465 e. The Morgan fingerprint density at radius 2 is 1.83 bits per heavy atom. The molecule has 0 radical (unpaired) electrons. The van der Waals surface area contributed by atoms with Gasteiger partial charge in [-0.3, -0.25) is 9.59 Å². The van der Waals surface area contributed by atoms with Gasteiger partial charge in [-0.2, -0.15) is 0 Å². The third-order valence-electron chi connectivity index (χ3n) is 4.82. The van der Waals surface area contributed by atoms with Gasteiger partial charge in [-0.25, -0.2) is 4.79 Å². The van der Waals surface area contributed by atoms with Crippen molar-refractivity contribution in [2.24, 2.45) is 0 Å². The number of carbonyl (C=O) groups is 3. The van der Waals surface area contributed by atoms with Gasteiger partial charge in [0.05, 0.1) is 12.7 Å². The Kier molecular flexibility index (Phi) is 7.59. The van der Waals surface area contributed by atoms with Crippen LogP contribution in [0, 0.1) is 13.8 Å². The summed E-state index contributed by atoms with van der Waals surface area (Å²) < 4.78 is 4.85. The number of methoxy groups -OCH3 is 1. The number of carbonyl (C=O) groups excluding carboxylic acids is 3. The second-order valence-electron chi connectivity index (χ2n) is 6.91. The number of anilines is 1. The molecule has 29 heavy (non-hydrogen) atoms. The van der Waals surface area contributed by atoms with Gasteiger partial charge < -0.3 is 19.9 Å². The van der Waals surface area contributed by atoms with E-state index in [1.54, 1.807) is 6.92 Å². The number of hydrogen-bond donors (Lipinski definition) is 2. The first kappa shape index (κ1) is 22.2. The van der Waals surface area contributed by atoms with Gasteiger partial charge in [-0.05, 0) is 43.9 Å². The normalized spacial score (nSPS) is 10.5. The van der Waals surface area contributed by atoms with E-state index in [-0.39, 0.29) is 18.4 Å². The van der Waals surface area contributed by atoms with Crippen molar-refractivity contribution >= 4 is 23.5 Å². The van der Waals surface area contributed by atoms with E-state index in [0.29, 0.717) is 41.9 Å². The van der Waals surface area contributed by atoms with Crippen molar-refractivity contribution in [2.45, 2.75) is 40.5 Å². The molecule has 0 aliphatic rings. The molecular weight excluding hydrogens is 370 g/mol. The molecule has 0 fully saturated rings. The predicted molar refractivity (Wildman–Crippen MR) is 112 cm³/mol. The highest BCUT2D eigenvalue weighted by atomic mass is 16.5. The quantitative estimate of drug-likeness (QED) is 0.665. The van der Waals surface area contributed by atoms with Crippen molar-refractivity contribution in [3.63, 3.8) is 0 Å². The number of ether oxygens (including phenoxy) is 1. The SMILES string of the molecule is CCCN(CC(=O)Nc1ccccc1C)C(=O)c1[nH]c(CC)c(C(=O)OC)c1C. The van der Waals surface area contributed by atoms with Crippen LogP contribution in [0.4, 0.5) is 5.69 Å². The fraction of sp³-hybridized carbons (Fsp3) is 0.409. The van der Waals surface area contributed by atoms with Crippen LogP contribution in [-0.2, 0) is 16.0 Å². The summed E-state index contributed by atoms with van der Waals surface area (Å²) in [7, 11) is 1.31. The molecule has 2 rings (SSSR count). The smallest absolute Gasteiger partial charge is 0.339 e. The fourth-order valence-corrected chi connectivity index (χ4v) is 3.27. The van der Waals surface area contributed by atoms with Crippen LogP contribution in [0.2, 0.25) is 0 Å². The highest BCUT2D eigenvalue weighted by molar-refractivity contribution is 6.02. The molecule has 1 aromatic carbocycles. The molecule has 0 aliphatic carbocycles. The number of esters is 1. The third-order valence-corrected chi connectivity index (χ3v) is 4.82. The summed E-state index contributed by atoms with van der Waals surface area (Å²) in [5.74, 6) is -1.06. The molecular formula is C22H29N3O4. The van der Waals surface area contributed by atoms with E-state index in [9.17, 15) is 14.4 Å². The van der Waals surface area contributed by atoms with Crippen LogP contribution in [-0.4, -0.2) is 47.9 Å². The number of nitrogens with one attached hydrogen (secondary N) is 2. The number of aromatic amines is 1. The Morgan fingerprint density at radius 3 is 2.41 bits per heavy atom. The number of H-pyrrole nitrogens is 1. The maximum Gasteiger partial charge on any atom is 0.339 e. The lowest BCUT2D eigenvalue weighted by molar-refractivity contribution is -0.116. The van der Waals surface area contributed by atoms with Crippen molar-refractivity contribution in [1.29, 1.82) is 0 Å². The van der Waals surface area contributed by atoms with Crippen molar-refractivity contribution in [3.8, 4) is 0 Å². The topological polar surface area (TPSA) is 91.5 Å². The molecule has 2 amide bonds. The third kappa shape index (κ3) is 5.04. The average molecular weight is 399 g/mol. The first-order chi connectivity index (χ1) is 13.8. The molecule has 0 bridgehead atoms. The molecule has 0 spiro atoms. The van der Waals surface area contributed by atoms with E-state index in [0.717, 1.165) is 11.3 Å². The minimum absolute atomic E-state index is 0.0749. The summed E-state index contributed by atoms with van der Waals surface area (Å²) >= 11 is 0. The van der Waals surface area contributed by atoms with Crippen molar-refractivity contribution < 1.29 is 19.1 Å². The van der Waals surface area contributed by atoms with Gasteiger partial charge in [-0.15, -0.1) is 0 Å². The van der Waals surface area contributed by atoms with E-state index in [4.69, 9.17) is 4.74 Å². The van der Waals surface area contributed by atoms with Crippen LogP contribution in [0.15, 0.2) is 24.3 Å². The molecule has 2 aromatic rings. The summed E-state index contributed by atoms with van der Waals surface area (Å²) in [5, 5.41) is 2.86. The molecule has 0 atom stereocenters. The predicted octanol–water partition coefficient (Wildman–Crippen LogP) is 3.47. The van der Waals surface area contributed by atoms with Crippen molar-refractivity contribution in [1.82, 2.24) is 9.88 Å². The highest BCUT2D eigenvalue weighted by Crippen LogP contribution is 2.22. The lowest BCUT2D eigenvalue weighted by Gasteiger charge is -2.22. The van der Waals surface area contributed by atoms with E-state index < -0.39 is 5.97 Å². The van der Waals surface area contributed by atoms with Crippen LogP contribution in [0.5, 0.6) is 0 Å². The molecule has 0 saturated carbocycles. The van der Waals surface area contributed by atoms with E-state index in [1.807, 2.05) is 45.0 Å². The molecule has 1 heterocycles. The van der Waals surface area contributed by atoms with E-state index >= 15 is 0 Å². The molecule has 0 unspecified atom stereocenters. The fourth-order valence-electron chi connectivity index (χ4n) is 3.27. The van der Waals surface area contributed by atoms with Crippen LogP contribution in [0.25, 0.3) is 0 Å². The van der Waals surface area contributed by atoms with Crippen LogP contribution in [0.1, 0.15) is 57.9 Å².